The minimum Gasteiger partial charge on any atom is -0.337 e. The van der Waals surface area contributed by atoms with Crippen LogP contribution in [0.1, 0.15) is 6.42 Å². The van der Waals surface area contributed by atoms with Crippen molar-refractivity contribution < 1.29 is 0 Å². The van der Waals surface area contributed by atoms with Crippen molar-refractivity contribution in [2.45, 2.75) is 18.1 Å². The molecule has 130 valence electrons. The van der Waals surface area contributed by atoms with Crippen molar-refractivity contribution in [3.63, 3.8) is 0 Å². The van der Waals surface area contributed by atoms with E-state index >= 15 is 0 Å². The Morgan fingerprint density at radius 2 is 1.65 bits per heavy atom. The van der Waals surface area contributed by atoms with Crippen LogP contribution < -0.4 is 0 Å². The van der Waals surface area contributed by atoms with E-state index in [9.17, 15) is 0 Å². The maximum Gasteiger partial charge on any atom is 0.166 e. The molecule has 26 heavy (non-hydrogen) atoms. The quantitative estimate of drug-likeness (QED) is 0.367. The zero-order chi connectivity index (χ0) is 17.6. The van der Waals surface area contributed by atoms with E-state index in [0.29, 0.717) is 0 Å². The summed E-state index contributed by atoms with van der Waals surface area (Å²) in [6, 6.07) is 20.7. The molecule has 2 heterocycles. The Balaban J connectivity index is 1.53. The number of nitrogens with one attached hydrogen (secondary N) is 1. The summed E-state index contributed by atoms with van der Waals surface area (Å²) in [5.74, 6) is 1.01. The highest BCUT2D eigenvalue weighted by Gasteiger charge is 2.14. The molecule has 0 fully saturated rings. The fourth-order valence-electron chi connectivity index (χ4n) is 2.87. The highest BCUT2D eigenvalue weighted by Crippen LogP contribution is 2.32. The highest BCUT2D eigenvalue weighted by molar-refractivity contribution is 7.99. The molecular formula is C21H20N4S. The topological polar surface area (TPSA) is 46.5 Å². The number of benzene rings is 2. The smallest absolute Gasteiger partial charge is 0.166 e. The zero-order valence-corrected chi connectivity index (χ0v) is 15.2. The first-order valence-corrected chi connectivity index (χ1v) is 9.68. The maximum absolute atomic E-state index is 4.88. The number of hydrogen-bond acceptors (Lipinski definition) is 3. The predicted octanol–water partition coefficient (Wildman–Crippen LogP) is 5.12. The Bertz CT molecular complexity index is 874. The van der Waals surface area contributed by atoms with Crippen molar-refractivity contribution in [3.05, 3.63) is 79.4 Å². The lowest BCUT2D eigenvalue weighted by atomic mass is 10.1. The molecule has 0 spiro atoms. The average molecular weight is 360 g/mol. The van der Waals surface area contributed by atoms with Gasteiger partial charge in [-0.05, 0) is 6.42 Å². The lowest BCUT2D eigenvalue weighted by Crippen LogP contribution is -1.95. The number of hydrogen-bond donors (Lipinski definition) is 1. The molecule has 1 N–H and O–H groups in total. The lowest BCUT2D eigenvalue weighted by molar-refractivity contribution is 0.683. The largest absolute Gasteiger partial charge is 0.337 e. The SMILES string of the molecule is c1ccc(-c2nc(SCCCn3ccnc3)[nH]c2-c2ccccc2)cc1. The number of H-pyrrole nitrogens is 1. The Morgan fingerprint density at radius 1 is 0.923 bits per heavy atom. The summed E-state index contributed by atoms with van der Waals surface area (Å²) in [5.41, 5.74) is 4.37. The van der Waals surface area contributed by atoms with Crippen molar-refractivity contribution in [2.75, 3.05) is 5.75 Å². The van der Waals surface area contributed by atoms with Crippen LogP contribution >= 0.6 is 11.8 Å². The van der Waals surface area contributed by atoms with Crippen molar-refractivity contribution in [1.29, 1.82) is 0 Å². The van der Waals surface area contributed by atoms with Gasteiger partial charge in [0.2, 0.25) is 0 Å². The van der Waals surface area contributed by atoms with Crippen LogP contribution in [0.25, 0.3) is 22.5 Å². The second kappa shape index (κ2) is 8.06. The third kappa shape index (κ3) is 3.89. The van der Waals surface area contributed by atoms with Crippen LogP contribution in [0.4, 0.5) is 0 Å². The Labute approximate surface area is 157 Å². The first kappa shape index (κ1) is 16.7. The number of aryl methyl sites for hydroxylation is 1. The molecule has 2 aromatic carbocycles. The van der Waals surface area contributed by atoms with Gasteiger partial charge in [0.25, 0.3) is 0 Å². The number of thioether (sulfide) groups is 1. The van der Waals surface area contributed by atoms with Gasteiger partial charge in [-0.1, -0.05) is 72.4 Å². The van der Waals surface area contributed by atoms with Crippen LogP contribution in [0.15, 0.2) is 84.5 Å². The van der Waals surface area contributed by atoms with Crippen molar-refractivity contribution in [3.8, 4) is 22.5 Å². The van der Waals surface area contributed by atoms with E-state index in [0.717, 1.165) is 46.4 Å². The monoisotopic (exact) mass is 360 g/mol. The van der Waals surface area contributed by atoms with E-state index < -0.39 is 0 Å². The van der Waals surface area contributed by atoms with Gasteiger partial charge in [-0.25, -0.2) is 9.97 Å². The Hall–Kier alpha value is -2.79. The third-order valence-electron chi connectivity index (χ3n) is 4.15. The summed E-state index contributed by atoms with van der Waals surface area (Å²) in [5, 5.41) is 0.966. The minimum absolute atomic E-state index is 0.966. The summed E-state index contributed by atoms with van der Waals surface area (Å²) >= 11 is 1.77. The van der Waals surface area contributed by atoms with E-state index in [4.69, 9.17) is 4.98 Å². The second-order valence-electron chi connectivity index (χ2n) is 6.00. The van der Waals surface area contributed by atoms with Gasteiger partial charge >= 0.3 is 0 Å². The van der Waals surface area contributed by atoms with Gasteiger partial charge in [0.15, 0.2) is 5.16 Å². The Kier molecular flexibility index (Phi) is 5.17. The van der Waals surface area contributed by atoms with Crippen LogP contribution in [0.5, 0.6) is 0 Å². The van der Waals surface area contributed by atoms with Crippen LogP contribution in [0.2, 0.25) is 0 Å². The van der Waals surface area contributed by atoms with E-state index in [1.807, 2.05) is 30.9 Å². The van der Waals surface area contributed by atoms with Crippen LogP contribution in [-0.4, -0.2) is 25.3 Å². The zero-order valence-electron chi connectivity index (χ0n) is 14.4. The molecule has 0 saturated carbocycles. The number of imidazole rings is 2. The van der Waals surface area contributed by atoms with E-state index in [2.05, 4.69) is 63.1 Å². The van der Waals surface area contributed by atoms with E-state index in [1.54, 1.807) is 11.8 Å². The van der Waals surface area contributed by atoms with Gasteiger partial charge in [0.05, 0.1) is 17.7 Å². The molecule has 0 unspecified atom stereocenters. The molecule has 4 nitrogen and oxygen atoms in total. The van der Waals surface area contributed by atoms with E-state index in [-0.39, 0.29) is 0 Å². The molecule has 0 bridgehead atoms. The summed E-state index contributed by atoms with van der Waals surface area (Å²) in [7, 11) is 0. The van der Waals surface area contributed by atoms with Gasteiger partial charge < -0.3 is 9.55 Å². The predicted molar refractivity (Wildman–Crippen MR) is 107 cm³/mol. The van der Waals surface area contributed by atoms with Gasteiger partial charge in [0.1, 0.15) is 0 Å². The molecule has 0 aliphatic rings. The highest BCUT2D eigenvalue weighted by atomic mass is 32.2. The summed E-state index contributed by atoms with van der Waals surface area (Å²) < 4.78 is 2.10. The van der Waals surface area contributed by atoms with Gasteiger partial charge in [-0.3, -0.25) is 0 Å². The minimum atomic E-state index is 0.966. The average Bonchev–Trinajstić information content (AvgIpc) is 3.37. The molecule has 2 aromatic heterocycles. The lowest BCUT2D eigenvalue weighted by Gasteiger charge is -2.02. The fraction of sp³-hybridized carbons (Fsp3) is 0.143. The van der Waals surface area contributed by atoms with Crippen LogP contribution in [0, 0.1) is 0 Å². The normalized spacial score (nSPS) is 10.9. The molecule has 0 amide bonds. The molecule has 0 atom stereocenters. The number of nitrogens with zero attached hydrogens (tertiary/aromatic N) is 3. The first-order chi connectivity index (χ1) is 12.9. The molecule has 0 saturated heterocycles. The maximum atomic E-state index is 4.88. The fourth-order valence-corrected chi connectivity index (χ4v) is 3.67. The number of rotatable bonds is 7. The van der Waals surface area contributed by atoms with Crippen LogP contribution in [-0.2, 0) is 6.54 Å². The number of aromatic amines is 1. The standard InChI is InChI=1S/C21H20N4S/c1-3-8-17(9-4-1)19-20(18-10-5-2-6-11-18)24-21(23-19)26-15-7-13-25-14-12-22-16-25/h1-6,8-12,14,16H,7,13,15H2,(H,23,24). The van der Waals surface area contributed by atoms with Crippen molar-refractivity contribution in [1.82, 2.24) is 19.5 Å². The van der Waals surface area contributed by atoms with E-state index in [1.165, 1.54) is 0 Å². The summed E-state index contributed by atoms with van der Waals surface area (Å²) in [4.78, 5) is 12.5. The first-order valence-electron chi connectivity index (χ1n) is 8.69. The molecule has 0 radical (unpaired) electrons. The molecule has 4 rings (SSSR count). The van der Waals surface area contributed by atoms with Crippen molar-refractivity contribution in [2.24, 2.45) is 0 Å². The van der Waals surface area contributed by atoms with Gasteiger partial charge in [-0.2, -0.15) is 0 Å². The molecule has 5 heteroatoms. The molecular weight excluding hydrogens is 340 g/mol. The third-order valence-corrected chi connectivity index (χ3v) is 5.11. The summed E-state index contributed by atoms with van der Waals surface area (Å²) in [6.45, 7) is 0.977. The summed E-state index contributed by atoms with van der Waals surface area (Å²) in [6.07, 6.45) is 6.75. The van der Waals surface area contributed by atoms with Gasteiger partial charge in [0, 0.05) is 35.8 Å². The molecule has 0 aliphatic heterocycles. The van der Waals surface area contributed by atoms with Crippen molar-refractivity contribution >= 4 is 11.8 Å². The Morgan fingerprint density at radius 3 is 2.35 bits per heavy atom. The molecule has 0 aliphatic carbocycles. The second-order valence-corrected chi connectivity index (χ2v) is 7.08. The van der Waals surface area contributed by atoms with Crippen LogP contribution in [0.3, 0.4) is 0 Å². The van der Waals surface area contributed by atoms with Gasteiger partial charge in [-0.15, -0.1) is 0 Å². The molecule has 4 aromatic rings. The number of aromatic nitrogens is 4.